The van der Waals surface area contributed by atoms with Crippen molar-refractivity contribution < 1.29 is 4.79 Å². The molecule has 0 saturated heterocycles. The fourth-order valence-corrected chi connectivity index (χ4v) is 4.13. The summed E-state index contributed by atoms with van der Waals surface area (Å²) < 4.78 is 0. The minimum Gasteiger partial charge on any atom is -0.297 e. The van der Waals surface area contributed by atoms with Crippen LogP contribution in [0.15, 0.2) is 35.7 Å². The molecule has 23 heavy (non-hydrogen) atoms. The topological polar surface area (TPSA) is 54.9 Å². The number of thiazole rings is 2. The Bertz CT molecular complexity index is 850. The van der Waals surface area contributed by atoms with E-state index in [2.05, 4.69) is 15.3 Å². The van der Waals surface area contributed by atoms with Crippen molar-refractivity contribution >= 4 is 33.7 Å². The summed E-state index contributed by atoms with van der Waals surface area (Å²) in [5.41, 5.74) is 2.89. The lowest BCUT2D eigenvalue weighted by Crippen LogP contribution is -2.11. The normalized spacial score (nSPS) is 14.0. The Kier molecular flexibility index (Phi) is 3.71. The number of amides is 1. The van der Waals surface area contributed by atoms with Crippen LogP contribution in [0, 0.1) is 6.92 Å². The maximum absolute atomic E-state index is 12.5. The molecule has 6 heteroatoms. The first-order chi connectivity index (χ1) is 11.2. The molecule has 1 saturated carbocycles. The predicted octanol–water partition coefficient (Wildman–Crippen LogP) is 4.70. The van der Waals surface area contributed by atoms with Crippen LogP contribution in [0.25, 0.3) is 10.6 Å². The second kappa shape index (κ2) is 5.86. The number of hydrogen-bond donors (Lipinski definition) is 1. The van der Waals surface area contributed by atoms with Gasteiger partial charge in [0.2, 0.25) is 0 Å². The van der Waals surface area contributed by atoms with E-state index < -0.39 is 0 Å². The molecule has 2 heterocycles. The lowest BCUT2D eigenvalue weighted by Gasteiger charge is -1.99. The van der Waals surface area contributed by atoms with E-state index in [0.29, 0.717) is 15.9 Å². The third-order valence-electron chi connectivity index (χ3n) is 3.76. The van der Waals surface area contributed by atoms with Crippen LogP contribution in [0.3, 0.4) is 0 Å². The number of nitrogens with one attached hydrogen (secondary N) is 1. The molecule has 1 aromatic carbocycles. The Balaban J connectivity index is 1.54. The molecule has 2 aromatic heterocycles. The molecule has 4 rings (SSSR count). The predicted molar refractivity (Wildman–Crippen MR) is 94.3 cm³/mol. The summed E-state index contributed by atoms with van der Waals surface area (Å²) in [6.07, 6.45) is 2.43. The second-order valence-electron chi connectivity index (χ2n) is 5.61. The maximum atomic E-state index is 12.5. The van der Waals surface area contributed by atoms with Gasteiger partial charge in [-0.1, -0.05) is 30.3 Å². The van der Waals surface area contributed by atoms with Crippen LogP contribution >= 0.6 is 22.7 Å². The highest BCUT2D eigenvalue weighted by atomic mass is 32.1. The minimum absolute atomic E-state index is 0.126. The van der Waals surface area contributed by atoms with E-state index >= 15 is 0 Å². The van der Waals surface area contributed by atoms with Gasteiger partial charge in [0.1, 0.15) is 9.88 Å². The van der Waals surface area contributed by atoms with Crippen molar-refractivity contribution in [1.29, 1.82) is 0 Å². The molecule has 3 aromatic rings. The lowest BCUT2D eigenvalue weighted by molar-refractivity contribution is 0.103. The first-order valence-electron chi connectivity index (χ1n) is 7.50. The molecule has 0 bridgehead atoms. The van der Waals surface area contributed by atoms with Gasteiger partial charge in [0.05, 0.1) is 11.4 Å². The molecule has 4 nitrogen and oxygen atoms in total. The molecule has 1 aliphatic rings. The number of benzene rings is 1. The van der Waals surface area contributed by atoms with E-state index in [-0.39, 0.29) is 5.91 Å². The van der Waals surface area contributed by atoms with Gasteiger partial charge in [0, 0.05) is 16.9 Å². The second-order valence-corrected chi connectivity index (χ2v) is 7.46. The van der Waals surface area contributed by atoms with E-state index in [1.165, 1.54) is 35.5 Å². The standard InChI is InChI=1S/C17H15N3OS2/c1-10-14(23-16(18-10)12-5-3-2-4-6-12)15(21)20-17-19-13(9-22-17)11-7-8-11/h2-6,9,11H,7-8H2,1H3,(H,19,20,21). The van der Waals surface area contributed by atoms with Gasteiger partial charge >= 0.3 is 0 Å². The van der Waals surface area contributed by atoms with Crippen molar-refractivity contribution in [3.8, 4) is 10.6 Å². The van der Waals surface area contributed by atoms with Gasteiger partial charge in [0.25, 0.3) is 5.91 Å². The summed E-state index contributed by atoms with van der Waals surface area (Å²) in [7, 11) is 0. The SMILES string of the molecule is Cc1nc(-c2ccccc2)sc1C(=O)Nc1nc(C2CC2)cs1. The smallest absolute Gasteiger partial charge is 0.269 e. The van der Waals surface area contributed by atoms with Crippen LogP contribution in [0.2, 0.25) is 0 Å². The molecule has 1 amide bonds. The lowest BCUT2D eigenvalue weighted by atomic mass is 10.2. The third kappa shape index (κ3) is 3.04. The van der Waals surface area contributed by atoms with Crippen molar-refractivity contribution in [2.45, 2.75) is 25.7 Å². The number of hydrogen-bond acceptors (Lipinski definition) is 5. The average Bonchev–Trinajstić information content (AvgIpc) is 3.19. The number of aryl methyl sites for hydroxylation is 1. The fourth-order valence-electron chi connectivity index (χ4n) is 2.38. The van der Waals surface area contributed by atoms with Crippen LogP contribution < -0.4 is 5.32 Å². The van der Waals surface area contributed by atoms with Crippen LogP contribution in [-0.4, -0.2) is 15.9 Å². The number of anilines is 1. The largest absolute Gasteiger partial charge is 0.297 e. The third-order valence-corrected chi connectivity index (χ3v) is 5.74. The van der Waals surface area contributed by atoms with Crippen molar-refractivity contribution in [3.63, 3.8) is 0 Å². The Morgan fingerprint density at radius 3 is 2.74 bits per heavy atom. The highest BCUT2D eigenvalue weighted by molar-refractivity contribution is 7.17. The maximum Gasteiger partial charge on any atom is 0.269 e. The summed E-state index contributed by atoms with van der Waals surface area (Å²) in [4.78, 5) is 22.2. The van der Waals surface area contributed by atoms with E-state index in [4.69, 9.17) is 0 Å². The molecule has 0 radical (unpaired) electrons. The van der Waals surface area contributed by atoms with Crippen LogP contribution in [-0.2, 0) is 0 Å². The zero-order valence-electron chi connectivity index (χ0n) is 12.6. The summed E-state index contributed by atoms with van der Waals surface area (Å²) in [5, 5.41) is 6.49. The Morgan fingerprint density at radius 1 is 1.22 bits per heavy atom. The summed E-state index contributed by atoms with van der Waals surface area (Å²) in [5.74, 6) is 0.477. The number of carbonyl (C=O) groups excluding carboxylic acids is 1. The van der Waals surface area contributed by atoms with Crippen LogP contribution in [0.4, 0.5) is 5.13 Å². The van der Waals surface area contributed by atoms with E-state index in [1.54, 1.807) is 0 Å². The van der Waals surface area contributed by atoms with Gasteiger partial charge in [0.15, 0.2) is 5.13 Å². The number of rotatable bonds is 4. The van der Waals surface area contributed by atoms with E-state index in [1.807, 2.05) is 42.6 Å². The molecule has 116 valence electrons. The van der Waals surface area contributed by atoms with Gasteiger partial charge in [-0.25, -0.2) is 9.97 Å². The zero-order chi connectivity index (χ0) is 15.8. The molecule has 0 spiro atoms. The van der Waals surface area contributed by atoms with Gasteiger partial charge in [-0.3, -0.25) is 10.1 Å². The molecular weight excluding hydrogens is 326 g/mol. The van der Waals surface area contributed by atoms with Crippen LogP contribution in [0.1, 0.15) is 39.8 Å². The van der Waals surface area contributed by atoms with E-state index in [0.717, 1.165) is 22.0 Å². The van der Waals surface area contributed by atoms with Gasteiger partial charge in [-0.05, 0) is 19.8 Å². The average molecular weight is 341 g/mol. The number of nitrogens with zero attached hydrogens (tertiary/aromatic N) is 2. The van der Waals surface area contributed by atoms with Crippen LogP contribution in [0.5, 0.6) is 0 Å². The zero-order valence-corrected chi connectivity index (χ0v) is 14.2. The molecule has 1 aliphatic carbocycles. The minimum atomic E-state index is -0.126. The van der Waals surface area contributed by atoms with Crippen molar-refractivity contribution in [3.05, 3.63) is 52.0 Å². The highest BCUT2D eigenvalue weighted by Gasteiger charge is 2.26. The van der Waals surface area contributed by atoms with Crippen molar-refractivity contribution in [2.75, 3.05) is 5.32 Å². The summed E-state index contributed by atoms with van der Waals surface area (Å²) in [6, 6.07) is 9.92. The molecule has 1 fully saturated rings. The molecule has 0 unspecified atom stereocenters. The van der Waals surface area contributed by atoms with Gasteiger partial charge < -0.3 is 0 Å². The summed E-state index contributed by atoms with van der Waals surface area (Å²) >= 11 is 2.91. The first-order valence-corrected chi connectivity index (χ1v) is 9.20. The monoisotopic (exact) mass is 341 g/mol. The number of aromatic nitrogens is 2. The molecular formula is C17H15N3OS2. The van der Waals surface area contributed by atoms with Crippen molar-refractivity contribution in [2.24, 2.45) is 0 Å². The number of carbonyl (C=O) groups is 1. The highest BCUT2D eigenvalue weighted by Crippen LogP contribution is 2.41. The van der Waals surface area contributed by atoms with Crippen molar-refractivity contribution in [1.82, 2.24) is 9.97 Å². The fraction of sp³-hybridized carbons (Fsp3) is 0.235. The Hall–Kier alpha value is -2.05. The molecule has 0 atom stereocenters. The van der Waals surface area contributed by atoms with E-state index in [9.17, 15) is 4.79 Å². The Morgan fingerprint density at radius 2 is 2.00 bits per heavy atom. The quantitative estimate of drug-likeness (QED) is 0.748. The van der Waals surface area contributed by atoms with Gasteiger partial charge in [-0.15, -0.1) is 22.7 Å². The van der Waals surface area contributed by atoms with Gasteiger partial charge in [-0.2, -0.15) is 0 Å². The molecule has 1 N–H and O–H groups in total. The molecule has 0 aliphatic heterocycles. The Labute approximate surface area is 142 Å². The first kappa shape index (κ1) is 14.5. The summed E-state index contributed by atoms with van der Waals surface area (Å²) in [6.45, 7) is 1.87.